The van der Waals surface area contributed by atoms with E-state index in [2.05, 4.69) is 88.5 Å². The molecule has 1 nitrogen and oxygen atoms in total. The Bertz CT molecular complexity index is 806. The van der Waals surface area contributed by atoms with Crippen molar-refractivity contribution in [2.75, 3.05) is 0 Å². The molecule has 0 bridgehead atoms. The number of aryl methyl sites for hydroxylation is 2. The SMILES string of the molecule is C=C1C=C(c2ccc(C)cc2)CC(C=O)C1CC.C=Cc1ccc(C)cc1. The van der Waals surface area contributed by atoms with E-state index in [9.17, 15) is 4.79 Å². The molecule has 1 aliphatic carbocycles. The number of rotatable bonds is 4. The van der Waals surface area contributed by atoms with Crippen LogP contribution in [-0.4, -0.2) is 6.29 Å². The Hall–Kier alpha value is -2.67. The Labute approximate surface area is 164 Å². The van der Waals surface area contributed by atoms with Crippen LogP contribution in [0.5, 0.6) is 0 Å². The van der Waals surface area contributed by atoms with Crippen molar-refractivity contribution in [3.05, 3.63) is 95.6 Å². The van der Waals surface area contributed by atoms with Crippen LogP contribution in [0.3, 0.4) is 0 Å². The summed E-state index contributed by atoms with van der Waals surface area (Å²) in [4.78, 5) is 11.2. The van der Waals surface area contributed by atoms with Crippen LogP contribution < -0.4 is 0 Å². The highest BCUT2D eigenvalue weighted by Gasteiger charge is 2.27. The molecule has 0 saturated carbocycles. The number of benzene rings is 2. The topological polar surface area (TPSA) is 17.1 Å². The van der Waals surface area contributed by atoms with Crippen LogP contribution in [0.15, 0.2) is 73.3 Å². The van der Waals surface area contributed by atoms with E-state index in [1.54, 1.807) is 0 Å². The van der Waals surface area contributed by atoms with Crippen LogP contribution in [0.2, 0.25) is 0 Å². The maximum atomic E-state index is 11.2. The number of aldehydes is 1. The van der Waals surface area contributed by atoms with Crippen molar-refractivity contribution in [3.8, 4) is 0 Å². The summed E-state index contributed by atoms with van der Waals surface area (Å²) >= 11 is 0. The molecule has 0 heterocycles. The summed E-state index contributed by atoms with van der Waals surface area (Å²) in [6, 6.07) is 16.8. The average Bonchev–Trinajstić information content (AvgIpc) is 2.69. The van der Waals surface area contributed by atoms with Gasteiger partial charge in [0.2, 0.25) is 0 Å². The summed E-state index contributed by atoms with van der Waals surface area (Å²) in [6.45, 7) is 14.1. The summed E-state index contributed by atoms with van der Waals surface area (Å²) in [7, 11) is 0. The van der Waals surface area contributed by atoms with Crippen LogP contribution in [0, 0.1) is 25.7 Å². The highest BCUT2D eigenvalue weighted by atomic mass is 16.1. The predicted octanol–water partition coefficient (Wildman–Crippen LogP) is 6.82. The second-order valence-electron chi connectivity index (χ2n) is 7.24. The fourth-order valence-corrected chi connectivity index (χ4v) is 3.44. The van der Waals surface area contributed by atoms with Crippen molar-refractivity contribution in [2.24, 2.45) is 11.8 Å². The van der Waals surface area contributed by atoms with Gasteiger partial charge in [-0.15, -0.1) is 0 Å². The van der Waals surface area contributed by atoms with Crippen molar-refractivity contribution >= 4 is 17.9 Å². The first-order valence-electron chi connectivity index (χ1n) is 9.59. The first-order chi connectivity index (χ1) is 13.0. The maximum Gasteiger partial charge on any atom is 0.124 e. The lowest BCUT2D eigenvalue weighted by Gasteiger charge is -2.29. The minimum atomic E-state index is 0.0869. The molecule has 0 saturated heterocycles. The van der Waals surface area contributed by atoms with Crippen LogP contribution in [0.4, 0.5) is 0 Å². The lowest BCUT2D eigenvalue weighted by atomic mass is 9.75. The van der Waals surface area contributed by atoms with E-state index in [-0.39, 0.29) is 5.92 Å². The monoisotopic (exact) mass is 358 g/mol. The summed E-state index contributed by atoms with van der Waals surface area (Å²) in [5, 5.41) is 0. The number of carbonyl (C=O) groups is 1. The second kappa shape index (κ2) is 9.87. The fourth-order valence-electron chi connectivity index (χ4n) is 3.44. The molecule has 2 unspecified atom stereocenters. The van der Waals surface area contributed by atoms with Gasteiger partial charge in [-0.1, -0.05) is 97.5 Å². The van der Waals surface area contributed by atoms with Crippen LogP contribution in [0.25, 0.3) is 11.6 Å². The van der Waals surface area contributed by atoms with Crippen molar-refractivity contribution in [1.29, 1.82) is 0 Å². The zero-order valence-corrected chi connectivity index (χ0v) is 16.7. The fraction of sp³-hybridized carbons (Fsp3) is 0.269. The molecule has 2 aromatic carbocycles. The first kappa shape index (κ1) is 20.6. The summed E-state index contributed by atoms with van der Waals surface area (Å²) in [5.41, 5.74) is 7.27. The minimum Gasteiger partial charge on any atom is -0.303 e. The Morgan fingerprint density at radius 3 is 2.04 bits per heavy atom. The molecule has 1 heteroatoms. The van der Waals surface area contributed by atoms with Gasteiger partial charge in [0.1, 0.15) is 6.29 Å². The lowest BCUT2D eigenvalue weighted by molar-refractivity contribution is -0.112. The molecule has 0 aromatic heterocycles. The largest absolute Gasteiger partial charge is 0.303 e. The van der Waals surface area contributed by atoms with Crippen molar-refractivity contribution in [1.82, 2.24) is 0 Å². The minimum absolute atomic E-state index is 0.0869. The van der Waals surface area contributed by atoms with Gasteiger partial charge in [-0.2, -0.15) is 0 Å². The molecule has 0 radical (unpaired) electrons. The van der Waals surface area contributed by atoms with Crippen molar-refractivity contribution in [3.63, 3.8) is 0 Å². The molecule has 0 spiro atoms. The zero-order chi connectivity index (χ0) is 19.8. The van der Waals surface area contributed by atoms with Gasteiger partial charge in [0.05, 0.1) is 0 Å². The van der Waals surface area contributed by atoms with Crippen LogP contribution in [0.1, 0.15) is 42.0 Å². The highest BCUT2D eigenvalue weighted by molar-refractivity contribution is 5.74. The van der Waals surface area contributed by atoms with E-state index in [0.717, 1.165) is 24.7 Å². The van der Waals surface area contributed by atoms with Crippen LogP contribution in [-0.2, 0) is 4.79 Å². The van der Waals surface area contributed by atoms with Gasteiger partial charge in [-0.05, 0) is 49.3 Å². The van der Waals surface area contributed by atoms with Gasteiger partial charge >= 0.3 is 0 Å². The molecule has 140 valence electrons. The van der Waals surface area contributed by atoms with E-state index in [1.807, 2.05) is 6.08 Å². The van der Waals surface area contributed by atoms with Gasteiger partial charge in [0.25, 0.3) is 0 Å². The molecule has 2 aromatic rings. The number of hydrogen-bond donors (Lipinski definition) is 0. The first-order valence-corrected chi connectivity index (χ1v) is 9.59. The standard InChI is InChI=1S/C17H20O.C9H10/c1-4-17-13(3)9-15(10-16(17)11-18)14-7-5-12(2)6-8-14;1-3-9-6-4-8(2)5-7-9/h5-9,11,16-17H,3-4,10H2,1-2H3;3-7H,1H2,2H3. The molecular formula is C26H30O. The van der Waals surface area contributed by atoms with Gasteiger partial charge in [0.15, 0.2) is 0 Å². The predicted molar refractivity (Wildman–Crippen MR) is 118 cm³/mol. The van der Waals surface area contributed by atoms with E-state index >= 15 is 0 Å². The highest BCUT2D eigenvalue weighted by Crippen LogP contribution is 2.37. The average molecular weight is 359 g/mol. The van der Waals surface area contributed by atoms with E-state index in [0.29, 0.717) is 5.92 Å². The lowest BCUT2D eigenvalue weighted by Crippen LogP contribution is -2.21. The smallest absolute Gasteiger partial charge is 0.124 e. The Kier molecular flexibility index (Phi) is 7.55. The Morgan fingerprint density at radius 1 is 1.00 bits per heavy atom. The third kappa shape index (κ3) is 5.65. The third-order valence-electron chi connectivity index (χ3n) is 5.16. The normalized spacial score (nSPS) is 18.8. The molecule has 0 N–H and O–H groups in total. The molecule has 3 rings (SSSR count). The molecule has 0 aliphatic heterocycles. The summed E-state index contributed by atoms with van der Waals surface area (Å²) in [6.07, 6.45) is 6.93. The van der Waals surface area contributed by atoms with Gasteiger partial charge in [-0.25, -0.2) is 0 Å². The molecule has 27 heavy (non-hydrogen) atoms. The zero-order valence-electron chi connectivity index (χ0n) is 16.7. The Morgan fingerprint density at radius 2 is 1.56 bits per heavy atom. The molecule has 0 amide bonds. The van der Waals surface area contributed by atoms with E-state index in [1.165, 1.54) is 27.8 Å². The molecule has 2 atom stereocenters. The third-order valence-corrected chi connectivity index (χ3v) is 5.16. The van der Waals surface area contributed by atoms with Gasteiger partial charge in [0, 0.05) is 5.92 Å². The number of carbonyl (C=O) groups excluding carboxylic acids is 1. The van der Waals surface area contributed by atoms with Crippen molar-refractivity contribution < 1.29 is 4.79 Å². The molecular weight excluding hydrogens is 328 g/mol. The molecule has 1 aliphatic rings. The van der Waals surface area contributed by atoms with Crippen LogP contribution >= 0.6 is 0 Å². The number of allylic oxidation sites excluding steroid dienone is 3. The number of hydrogen-bond acceptors (Lipinski definition) is 1. The molecule has 0 fully saturated rings. The van der Waals surface area contributed by atoms with E-state index < -0.39 is 0 Å². The maximum absolute atomic E-state index is 11.2. The quantitative estimate of drug-likeness (QED) is 0.548. The Balaban J connectivity index is 0.000000244. The summed E-state index contributed by atoms with van der Waals surface area (Å²) in [5.74, 6) is 0.403. The van der Waals surface area contributed by atoms with Crippen molar-refractivity contribution in [2.45, 2.75) is 33.6 Å². The van der Waals surface area contributed by atoms with Gasteiger partial charge in [-0.3, -0.25) is 0 Å². The van der Waals surface area contributed by atoms with E-state index in [4.69, 9.17) is 0 Å². The summed E-state index contributed by atoms with van der Waals surface area (Å²) < 4.78 is 0. The second-order valence-corrected chi connectivity index (χ2v) is 7.24. The van der Waals surface area contributed by atoms with Gasteiger partial charge < -0.3 is 4.79 Å².